The number of carbonyl (C=O) groups is 1. The van der Waals surface area contributed by atoms with E-state index in [1.165, 1.54) is 11.3 Å². The lowest BCUT2D eigenvalue weighted by molar-refractivity contribution is 0.0461. The zero-order chi connectivity index (χ0) is 15.4. The van der Waals surface area contributed by atoms with Gasteiger partial charge in [-0.15, -0.1) is 11.3 Å². The predicted molar refractivity (Wildman–Crippen MR) is 88.6 cm³/mol. The zero-order valence-corrected chi connectivity index (χ0v) is 13.8. The summed E-state index contributed by atoms with van der Waals surface area (Å²) in [5.74, 6) is -0.447. The number of carbonyl (C=O) groups excluding carboxylic acids is 1. The van der Waals surface area contributed by atoms with Crippen molar-refractivity contribution in [2.45, 2.75) is 6.61 Å². The van der Waals surface area contributed by atoms with Gasteiger partial charge in [0.05, 0.1) is 5.69 Å². The van der Waals surface area contributed by atoms with Gasteiger partial charge in [-0.1, -0.05) is 34.1 Å². The average molecular weight is 375 g/mol. The Labute approximate surface area is 139 Å². The molecule has 0 bridgehead atoms. The van der Waals surface area contributed by atoms with Gasteiger partial charge >= 0.3 is 5.97 Å². The first-order chi connectivity index (χ1) is 10.7. The van der Waals surface area contributed by atoms with E-state index in [-0.39, 0.29) is 6.61 Å². The molecular formula is C16H11BrN2O2S. The number of hydrogen-bond acceptors (Lipinski definition) is 5. The van der Waals surface area contributed by atoms with Crippen LogP contribution in [0.1, 0.15) is 16.2 Å². The van der Waals surface area contributed by atoms with E-state index < -0.39 is 5.97 Å². The van der Waals surface area contributed by atoms with E-state index in [4.69, 9.17) is 4.74 Å². The minimum atomic E-state index is -0.447. The van der Waals surface area contributed by atoms with Gasteiger partial charge in [0.25, 0.3) is 0 Å². The molecule has 4 nitrogen and oxygen atoms in total. The number of aromatic nitrogens is 2. The van der Waals surface area contributed by atoms with Gasteiger partial charge in [0.2, 0.25) is 0 Å². The number of halogens is 1. The Hall–Kier alpha value is -2.05. The van der Waals surface area contributed by atoms with Crippen molar-refractivity contribution in [3.63, 3.8) is 0 Å². The quantitative estimate of drug-likeness (QED) is 0.637. The van der Waals surface area contributed by atoms with Crippen LogP contribution in [-0.2, 0) is 11.3 Å². The first-order valence-corrected chi connectivity index (χ1v) is 8.18. The highest BCUT2D eigenvalue weighted by Gasteiger charge is 2.10. The minimum Gasteiger partial charge on any atom is -0.454 e. The van der Waals surface area contributed by atoms with Crippen molar-refractivity contribution in [3.05, 3.63) is 69.9 Å². The highest BCUT2D eigenvalue weighted by molar-refractivity contribution is 9.10. The maximum Gasteiger partial charge on any atom is 0.357 e. The van der Waals surface area contributed by atoms with Crippen LogP contribution < -0.4 is 0 Å². The molecule has 0 spiro atoms. The molecule has 3 rings (SSSR count). The van der Waals surface area contributed by atoms with Gasteiger partial charge < -0.3 is 4.74 Å². The Morgan fingerprint density at radius 3 is 2.91 bits per heavy atom. The molecular weight excluding hydrogens is 364 g/mol. The number of rotatable bonds is 4. The van der Waals surface area contributed by atoms with E-state index in [9.17, 15) is 4.79 Å². The van der Waals surface area contributed by atoms with Gasteiger partial charge in [-0.2, -0.15) is 0 Å². The number of hydrogen-bond donors (Lipinski definition) is 0. The first kappa shape index (κ1) is 14.9. The van der Waals surface area contributed by atoms with Gasteiger partial charge in [-0.25, -0.2) is 14.8 Å². The first-order valence-electron chi connectivity index (χ1n) is 6.51. The summed E-state index contributed by atoms with van der Waals surface area (Å²) < 4.78 is 6.22. The van der Waals surface area contributed by atoms with Crippen LogP contribution in [0.4, 0.5) is 0 Å². The fourth-order valence-corrected chi connectivity index (χ4v) is 3.02. The molecule has 6 heteroatoms. The number of pyridine rings is 1. The van der Waals surface area contributed by atoms with Crippen LogP contribution in [0.15, 0.2) is 58.5 Å². The van der Waals surface area contributed by atoms with Gasteiger partial charge in [-0.3, -0.25) is 0 Å². The molecule has 0 amide bonds. The smallest absolute Gasteiger partial charge is 0.357 e. The summed E-state index contributed by atoms with van der Waals surface area (Å²) in [7, 11) is 0. The van der Waals surface area contributed by atoms with Crippen LogP contribution in [0.3, 0.4) is 0 Å². The standard InChI is InChI=1S/C16H11BrN2O2S/c17-12-5-3-4-11(8-12)15-19-13(10-22-15)9-21-16(20)14-6-1-2-7-18-14/h1-8,10H,9H2. The molecule has 0 aliphatic carbocycles. The Kier molecular flexibility index (Phi) is 4.60. The summed E-state index contributed by atoms with van der Waals surface area (Å²) in [6.45, 7) is 0.139. The Morgan fingerprint density at radius 1 is 1.23 bits per heavy atom. The van der Waals surface area contributed by atoms with Gasteiger partial charge in [0.1, 0.15) is 17.3 Å². The molecule has 0 radical (unpaired) electrons. The molecule has 0 saturated carbocycles. The summed E-state index contributed by atoms with van der Waals surface area (Å²) in [5.41, 5.74) is 2.05. The van der Waals surface area contributed by atoms with Crippen LogP contribution in [-0.4, -0.2) is 15.9 Å². The number of benzene rings is 1. The lowest BCUT2D eigenvalue weighted by Crippen LogP contribution is -2.07. The summed E-state index contributed by atoms with van der Waals surface area (Å²) in [5, 5.41) is 2.78. The number of ether oxygens (including phenoxy) is 1. The molecule has 0 aliphatic rings. The van der Waals surface area contributed by atoms with Crippen molar-refractivity contribution in [1.82, 2.24) is 9.97 Å². The van der Waals surface area contributed by atoms with Crippen LogP contribution >= 0.6 is 27.3 Å². The highest BCUT2D eigenvalue weighted by atomic mass is 79.9. The van der Waals surface area contributed by atoms with Crippen molar-refractivity contribution in [3.8, 4) is 10.6 Å². The van der Waals surface area contributed by atoms with Crippen molar-refractivity contribution < 1.29 is 9.53 Å². The molecule has 1 aromatic carbocycles. The second kappa shape index (κ2) is 6.81. The van der Waals surface area contributed by atoms with E-state index in [0.29, 0.717) is 5.69 Å². The molecule has 22 heavy (non-hydrogen) atoms. The van der Waals surface area contributed by atoms with Crippen molar-refractivity contribution in [1.29, 1.82) is 0 Å². The molecule has 110 valence electrons. The molecule has 0 aliphatic heterocycles. The minimum absolute atomic E-state index is 0.139. The molecule has 0 atom stereocenters. The Balaban J connectivity index is 1.66. The third kappa shape index (κ3) is 3.58. The average Bonchev–Trinajstić information content (AvgIpc) is 3.02. The van der Waals surface area contributed by atoms with E-state index in [1.54, 1.807) is 24.4 Å². The summed E-state index contributed by atoms with van der Waals surface area (Å²) in [6.07, 6.45) is 1.56. The Morgan fingerprint density at radius 2 is 2.14 bits per heavy atom. The molecule has 0 saturated heterocycles. The lowest BCUT2D eigenvalue weighted by atomic mass is 10.2. The lowest BCUT2D eigenvalue weighted by Gasteiger charge is -2.01. The molecule has 0 N–H and O–H groups in total. The van der Waals surface area contributed by atoms with Crippen LogP contribution in [0.25, 0.3) is 10.6 Å². The third-order valence-electron chi connectivity index (χ3n) is 2.85. The van der Waals surface area contributed by atoms with E-state index >= 15 is 0 Å². The summed E-state index contributed by atoms with van der Waals surface area (Å²) in [6, 6.07) is 13.0. The zero-order valence-electron chi connectivity index (χ0n) is 11.4. The second-order valence-electron chi connectivity index (χ2n) is 4.45. The van der Waals surface area contributed by atoms with Crippen LogP contribution in [0.5, 0.6) is 0 Å². The summed E-state index contributed by atoms with van der Waals surface area (Å²) >= 11 is 4.96. The summed E-state index contributed by atoms with van der Waals surface area (Å²) in [4.78, 5) is 20.3. The predicted octanol–water partition coefficient (Wildman–Crippen LogP) is 4.32. The topological polar surface area (TPSA) is 52.1 Å². The Bertz CT molecular complexity index is 790. The molecule has 0 unspecified atom stereocenters. The van der Waals surface area contributed by atoms with Crippen LogP contribution in [0, 0.1) is 0 Å². The molecule has 0 fully saturated rings. The maximum absolute atomic E-state index is 11.8. The van der Waals surface area contributed by atoms with Crippen molar-refractivity contribution in [2.24, 2.45) is 0 Å². The van der Waals surface area contributed by atoms with E-state index in [0.717, 1.165) is 20.7 Å². The number of nitrogens with zero attached hydrogens (tertiary/aromatic N) is 2. The monoisotopic (exact) mass is 374 g/mol. The number of thiazole rings is 1. The molecule has 2 heterocycles. The van der Waals surface area contributed by atoms with Crippen LogP contribution in [0.2, 0.25) is 0 Å². The van der Waals surface area contributed by atoms with Crippen molar-refractivity contribution >= 4 is 33.2 Å². The number of esters is 1. The third-order valence-corrected chi connectivity index (χ3v) is 4.28. The maximum atomic E-state index is 11.8. The highest BCUT2D eigenvalue weighted by Crippen LogP contribution is 2.26. The fraction of sp³-hybridized carbons (Fsp3) is 0.0625. The van der Waals surface area contributed by atoms with E-state index in [2.05, 4.69) is 25.9 Å². The largest absolute Gasteiger partial charge is 0.454 e. The van der Waals surface area contributed by atoms with Crippen molar-refractivity contribution in [2.75, 3.05) is 0 Å². The fourth-order valence-electron chi connectivity index (χ4n) is 1.82. The molecule has 2 aromatic heterocycles. The van der Waals surface area contributed by atoms with Gasteiger partial charge in [0.15, 0.2) is 0 Å². The molecule has 3 aromatic rings. The SMILES string of the molecule is O=C(OCc1csc(-c2cccc(Br)c2)n1)c1ccccn1. The van der Waals surface area contributed by atoms with Gasteiger partial charge in [-0.05, 0) is 24.3 Å². The normalized spacial score (nSPS) is 10.4. The second-order valence-corrected chi connectivity index (χ2v) is 6.22. The van der Waals surface area contributed by atoms with Gasteiger partial charge in [0, 0.05) is 21.6 Å². The van der Waals surface area contributed by atoms with E-state index in [1.807, 2.05) is 29.6 Å².